The average Bonchev–Trinajstić information content (AvgIpc) is 2.59. The lowest BCUT2D eigenvalue weighted by Gasteiger charge is -2.23. The van der Waals surface area contributed by atoms with Gasteiger partial charge in [-0.05, 0) is 24.4 Å². The molecule has 1 heterocycles. The molecule has 2 aromatic rings. The minimum atomic E-state index is -3.71. The molecule has 2 N–H and O–H groups in total. The van der Waals surface area contributed by atoms with Gasteiger partial charge in [-0.25, -0.2) is 8.42 Å². The molecule has 1 atom stereocenters. The molecule has 0 bridgehead atoms. The Morgan fingerprint density at radius 1 is 1.21 bits per heavy atom. The zero-order chi connectivity index (χ0) is 13.8. The highest BCUT2D eigenvalue weighted by Gasteiger charge is 2.40. The van der Waals surface area contributed by atoms with E-state index in [1.54, 1.807) is 24.3 Å². The summed E-state index contributed by atoms with van der Waals surface area (Å²) in [7, 11) is -3.71. The van der Waals surface area contributed by atoms with E-state index in [1.165, 1.54) is 6.92 Å². The average molecular weight is 276 g/mol. The lowest BCUT2D eigenvalue weighted by atomic mass is 10.1. The predicted octanol–water partition coefficient (Wildman–Crippen LogP) is 1.22. The fourth-order valence-corrected chi connectivity index (χ4v) is 4.33. The van der Waals surface area contributed by atoms with E-state index in [0.29, 0.717) is 11.1 Å². The van der Waals surface area contributed by atoms with Crippen molar-refractivity contribution in [3.05, 3.63) is 36.4 Å². The molecular formula is C13H12N2O3S. The molecule has 0 saturated heterocycles. The first-order valence-corrected chi connectivity index (χ1v) is 7.24. The molecule has 98 valence electrons. The molecule has 3 rings (SSSR count). The molecule has 0 fully saturated rings. The van der Waals surface area contributed by atoms with E-state index in [-0.39, 0.29) is 4.90 Å². The Morgan fingerprint density at radius 2 is 1.84 bits per heavy atom. The summed E-state index contributed by atoms with van der Waals surface area (Å²) in [6.07, 6.45) is 0. The summed E-state index contributed by atoms with van der Waals surface area (Å²) in [5.41, 5.74) is 5.77. The summed E-state index contributed by atoms with van der Waals surface area (Å²) in [5, 5.41) is 1.48. The van der Waals surface area contributed by atoms with Gasteiger partial charge in [-0.3, -0.25) is 9.10 Å². The quantitative estimate of drug-likeness (QED) is 0.895. The molecule has 2 aromatic carbocycles. The Balaban J connectivity index is 2.39. The van der Waals surface area contributed by atoms with Crippen LogP contribution in [-0.2, 0) is 14.8 Å². The van der Waals surface area contributed by atoms with Gasteiger partial charge in [0.25, 0.3) is 10.0 Å². The Hall–Kier alpha value is -2.08. The summed E-state index contributed by atoms with van der Waals surface area (Å²) < 4.78 is 26.2. The van der Waals surface area contributed by atoms with Gasteiger partial charge in [0.1, 0.15) is 6.04 Å². The van der Waals surface area contributed by atoms with Crippen molar-refractivity contribution < 1.29 is 13.2 Å². The highest BCUT2D eigenvalue weighted by Crippen LogP contribution is 2.42. The number of rotatable bonds is 2. The molecule has 0 unspecified atom stereocenters. The Morgan fingerprint density at radius 3 is 2.47 bits per heavy atom. The van der Waals surface area contributed by atoms with Gasteiger partial charge < -0.3 is 5.73 Å². The van der Waals surface area contributed by atoms with E-state index >= 15 is 0 Å². The summed E-state index contributed by atoms with van der Waals surface area (Å²) in [6.45, 7) is 1.49. The highest BCUT2D eigenvalue weighted by atomic mass is 32.2. The number of amides is 1. The molecule has 1 amide bonds. The van der Waals surface area contributed by atoms with Crippen molar-refractivity contribution in [3.63, 3.8) is 0 Å². The minimum absolute atomic E-state index is 0.230. The third kappa shape index (κ3) is 1.46. The smallest absolute Gasteiger partial charge is 0.265 e. The molecule has 0 spiro atoms. The summed E-state index contributed by atoms with van der Waals surface area (Å²) >= 11 is 0. The maximum Gasteiger partial charge on any atom is 0.265 e. The first-order chi connectivity index (χ1) is 8.94. The fourth-order valence-electron chi connectivity index (χ4n) is 2.45. The molecule has 5 nitrogen and oxygen atoms in total. The van der Waals surface area contributed by atoms with Gasteiger partial charge in [0.05, 0.1) is 10.6 Å². The van der Waals surface area contributed by atoms with Crippen LogP contribution >= 0.6 is 0 Å². The molecule has 0 radical (unpaired) electrons. The number of primary amides is 1. The van der Waals surface area contributed by atoms with Gasteiger partial charge in [-0.15, -0.1) is 0 Å². The van der Waals surface area contributed by atoms with E-state index in [4.69, 9.17) is 5.73 Å². The van der Waals surface area contributed by atoms with Gasteiger partial charge in [-0.1, -0.05) is 24.3 Å². The number of nitrogens with two attached hydrogens (primary N) is 1. The van der Waals surface area contributed by atoms with Crippen LogP contribution in [0.3, 0.4) is 0 Å². The predicted molar refractivity (Wildman–Crippen MR) is 72.3 cm³/mol. The van der Waals surface area contributed by atoms with Gasteiger partial charge in [0.15, 0.2) is 0 Å². The minimum Gasteiger partial charge on any atom is -0.368 e. The maximum atomic E-state index is 12.5. The number of anilines is 1. The van der Waals surface area contributed by atoms with Crippen molar-refractivity contribution in [1.29, 1.82) is 0 Å². The van der Waals surface area contributed by atoms with Crippen LogP contribution < -0.4 is 10.0 Å². The standard InChI is InChI=1S/C13H12N2O3S/c1-8(13(14)16)15-10-6-2-4-9-5-3-7-11(12(9)10)19(15,17)18/h2-8H,1H3,(H2,14,16)/t8-/m1/s1. The van der Waals surface area contributed by atoms with Crippen LogP contribution in [0.4, 0.5) is 5.69 Å². The largest absolute Gasteiger partial charge is 0.368 e. The van der Waals surface area contributed by atoms with Crippen molar-refractivity contribution in [1.82, 2.24) is 0 Å². The first kappa shape index (κ1) is 12.0. The van der Waals surface area contributed by atoms with Crippen LogP contribution in [0, 0.1) is 0 Å². The number of sulfonamides is 1. The van der Waals surface area contributed by atoms with Crippen LogP contribution in [0.15, 0.2) is 41.3 Å². The monoisotopic (exact) mass is 276 g/mol. The molecule has 1 aliphatic heterocycles. The number of hydrogen-bond donors (Lipinski definition) is 1. The lowest BCUT2D eigenvalue weighted by Crippen LogP contribution is -2.44. The second kappa shape index (κ2) is 3.71. The zero-order valence-electron chi connectivity index (χ0n) is 10.2. The Kier molecular flexibility index (Phi) is 2.34. The molecule has 0 aromatic heterocycles. The van der Waals surface area contributed by atoms with E-state index in [1.807, 2.05) is 12.1 Å². The van der Waals surface area contributed by atoms with Crippen molar-refractivity contribution in [3.8, 4) is 0 Å². The summed E-state index contributed by atoms with van der Waals surface area (Å²) in [5.74, 6) is -0.673. The molecule has 0 saturated carbocycles. The lowest BCUT2D eigenvalue weighted by molar-refractivity contribution is -0.118. The second-order valence-electron chi connectivity index (χ2n) is 4.51. The first-order valence-electron chi connectivity index (χ1n) is 5.80. The fraction of sp³-hybridized carbons (Fsp3) is 0.154. The Labute approximate surface area is 110 Å². The van der Waals surface area contributed by atoms with Crippen LogP contribution in [-0.4, -0.2) is 20.4 Å². The number of carbonyl (C=O) groups excluding carboxylic acids is 1. The van der Waals surface area contributed by atoms with Gasteiger partial charge >= 0.3 is 0 Å². The Bertz CT molecular complexity index is 793. The topological polar surface area (TPSA) is 80.5 Å². The highest BCUT2D eigenvalue weighted by molar-refractivity contribution is 7.93. The van der Waals surface area contributed by atoms with Gasteiger partial charge in [-0.2, -0.15) is 0 Å². The SMILES string of the molecule is C[C@H](C(N)=O)N1c2cccc3cccc(c23)S1(=O)=O. The third-order valence-electron chi connectivity index (χ3n) is 3.38. The van der Waals surface area contributed by atoms with E-state index < -0.39 is 22.0 Å². The van der Waals surface area contributed by atoms with E-state index in [2.05, 4.69) is 0 Å². The number of nitrogens with zero attached hydrogens (tertiary/aromatic N) is 1. The summed E-state index contributed by atoms with van der Waals surface area (Å²) in [4.78, 5) is 11.6. The van der Waals surface area contributed by atoms with Gasteiger partial charge in [0, 0.05) is 5.39 Å². The van der Waals surface area contributed by atoms with Crippen molar-refractivity contribution >= 4 is 32.4 Å². The van der Waals surface area contributed by atoms with Crippen molar-refractivity contribution in [2.75, 3.05) is 4.31 Å². The van der Waals surface area contributed by atoms with E-state index in [9.17, 15) is 13.2 Å². The third-order valence-corrected chi connectivity index (χ3v) is 5.31. The summed E-state index contributed by atoms with van der Waals surface area (Å²) in [6, 6.07) is 9.47. The normalized spacial score (nSPS) is 17.6. The maximum absolute atomic E-state index is 12.5. The molecular weight excluding hydrogens is 264 g/mol. The van der Waals surface area contributed by atoms with Crippen molar-refractivity contribution in [2.24, 2.45) is 5.73 Å². The van der Waals surface area contributed by atoms with Crippen LogP contribution in [0.5, 0.6) is 0 Å². The molecule has 0 aliphatic carbocycles. The van der Waals surface area contributed by atoms with Crippen molar-refractivity contribution in [2.45, 2.75) is 17.9 Å². The number of benzene rings is 2. The number of hydrogen-bond acceptors (Lipinski definition) is 3. The second-order valence-corrected chi connectivity index (χ2v) is 6.29. The van der Waals surface area contributed by atoms with Crippen LogP contribution in [0.1, 0.15) is 6.92 Å². The van der Waals surface area contributed by atoms with Crippen LogP contribution in [0.2, 0.25) is 0 Å². The molecule has 6 heteroatoms. The number of carbonyl (C=O) groups is 1. The van der Waals surface area contributed by atoms with E-state index in [0.717, 1.165) is 9.69 Å². The molecule has 1 aliphatic rings. The van der Waals surface area contributed by atoms with Gasteiger partial charge in [0.2, 0.25) is 5.91 Å². The van der Waals surface area contributed by atoms with Crippen LogP contribution in [0.25, 0.3) is 10.8 Å². The zero-order valence-corrected chi connectivity index (χ0v) is 11.0. The molecule has 19 heavy (non-hydrogen) atoms.